The van der Waals surface area contributed by atoms with E-state index in [0.717, 1.165) is 22.5 Å². The number of benzene rings is 2. The zero-order chi connectivity index (χ0) is 18.4. The lowest BCUT2D eigenvalue weighted by Crippen LogP contribution is -2.28. The first-order valence-electron chi connectivity index (χ1n) is 8.50. The van der Waals surface area contributed by atoms with Crippen LogP contribution in [0.15, 0.2) is 71.9 Å². The third-order valence-corrected chi connectivity index (χ3v) is 4.76. The molecule has 1 aromatic heterocycles. The van der Waals surface area contributed by atoms with Crippen LogP contribution in [0.25, 0.3) is 11.3 Å². The monoisotopic (exact) mass is 363 g/mol. The molecule has 132 valence electrons. The molecule has 2 aromatic carbocycles. The number of carbonyl (C=O) groups is 1. The van der Waals surface area contributed by atoms with E-state index in [0.29, 0.717) is 5.16 Å². The highest BCUT2D eigenvalue weighted by Gasteiger charge is 2.11. The Morgan fingerprint density at radius 1 is 1.04 bits per heavy atom. The standard InChI is InChI=1S/C21H21N3OS/c1-15-13-19(18-11-7-4-8-12-18)24-21(22-15)26-14-20(25)23-16(2)17-9-5-3-6-10-17/h3-13,16H,14H2,1-2H3,(H,23,25)/t16-/m0/s1. The largest absolute Gasteiger partial charge is 0.349 e. The minimum absolute atomic E-state index is 0.0254. The zero-order valence-corrected chi connectivity index (χ0v) is 15.7. The highest BCUT2D eigenvalue weighted by molar-refractivity contribution is 7.99. The molecule has 0 aliphatic rings. The van der Waals surface area contributed by atoms with Crippen LogP contribution in [-0.2, 0) is 4.79 Å². The molecule has 1 amide bonds. The molecule has 5 heteroatoms. The highest BCUT2D eigenvalue weighted by atomic mass is 32.2. The predicted octanol–water partition coefficient (Wildman–Crippen LogP) is 4.42. The Morgan fingerprint density at radius 2 is 1.69 bits per heavy atom. The number of nitrogens with one attached hydrogen (secondary N) is 1. The topological polar surface area (TPSA) is 54.9 Å². The van der Waals surface area contributed by atoms with Crippen molar-refractivity contribution < 1.29 is 4.79 Å². The SMILES string of the molecule is Cc1cc(-c2ccccc2)nc(SCC(=O)N[C@@H](C)c2ccccc2)n1. The molecule has 0 unspecified atom stereocenters. The number of rotatable bonds is 6. The van der Waals surface area contributed by atoms with E-state index in [4.69, 9.17) is 0 Å². The quantitative estimate of drug-likeness (QED) is 0.520. The van der Waals surface area contributed by atoms with E-state index in [1.165, 1.54) is 11.8 Å². The number of nitrogens with zero attached hydrogens (tertiary/aromatic N) is 2. The van der Waals surface area contributed by atoms with Crippen LogP contribution in [0.5, 0.6) is 0 Å². The molecular weight excluding hydrogens is 342 g/mol. The van der Waals surface area contributed by atoms with E-state index in [9.17, 15) is 4.79 Å². The fraction of sp³-hybridized carbons (Fsp3) is 0.190. The molecular formula is C21H21N3OS. The number of aryl methyl sites for hydroxylation is 1. The number of thioether (sulfide) groups is 1. The fourth-order valence-corrected chi connectivity index (χ4v) is 3.32. The Kier molecular flexibility index (Phi) is 6.02. The van der Waals surface area contributed by atoms with E-state index >= 15 is 0 Å². The predicted molar refractivity (Wildman–Crippen MR) is 106 cm³/mol. The highest BCUT2D eigenvalue weighted by Crippen LogP contribution is 2.21. The molecule has 26 heavy (non-hydrogen) atoms. The third-order valence-electron chi connectivity index (χ3n) is 3.91. The van der Waals surface area contributed by atoms with Gasteiger partial charge in [0.1, 0.15) is 0 Å². The van der Waals surface area contributed by atoms with Crippen molar-refractivity contribution in [3.63, 3.8) is 0 Å². The van der Waals surface area contributed by atoms with Gasteiger partial charge in [0, 0.05) is 11.3 Å². The molecule has 3 rings (SSSR count). The molecule has 1 N–H and O–H groups in total. The second-order valence-electron chi connectivity index (χ2n) is 6.03. The van der Waals surface area contributed by atoms with Gasteiger partial charge in [0.2, 0.25) is 5.91 Å². The van der Waals surface area contributed by atoms with Gasteiger partial charge in [0.05, 0.1) is 17.5 Å². The summed E-state index contributed by atoms with van der Waals surface area (Å²) in [6, 6.07) is 21.8. The van der Waals surface area contributed by atoms with Gasteiger partial charge >= 0.3 is 0 Å². The number of amides is 1. The van der Waals surface area contributed by atoms with Crippen LogP contribution in [0, 0.1) is 6.92 Å². The fourth-order valence-electron chi connectivity index (χ4n) is 2.60. The molecule has 1 heterocycles. The zero-order valence-electron chi connectivity index (χ0n) is 14.8. The second kappa shape index (κ2) is 8.63. The number of hydrogen-bond acceptors (Lipinski definition) is 4. The van der Waals surface area contributed by atoms with Crippen molar-refractivity contribution in [1.29, 1.82) is 0 Å². The summed E-state index contributed by atoms with van der Waals surface area (Å²) in [6.07, 6.45) is 0. The van der Waals surface area contributed by atoms with Gasteiger partial charge in [0.25, 0.3) is 0 Å². The Balaban J connectivity index is 1.62. The Labute approximate surface area is 158 Å². The van der Waals surface area contributed by atoms with Crippen LogP contribution in [-0.4, -0.2) is 21.6 Å². The summed E-state index contributed by atoms with van der Waals surface area (Å²) in [7, 11) is 0. The first kappa shape index (κ1) is 18.1. The molecule has 0 fully saturated rings. The Hall–Kier alpha value is -2.66. The third kappa shape index (κ3) is 4.92. The van der Waals surface area contributed by atoms with Gasteiger partial charge in [-0.05, 0) is 25.5 Å². The molecule has 0 saturated heterocycles. The smallest absolute Gasteiger partial charge is 0.230 e. The lowest BCUT2D eigenvalue weighted by atomic mass is 10.1. The molecule has 0 saturated carbocycles. The van der Waals surface area contributed by atoms with Crippen molar-refractivity contribution >= 4 is 17.7 Å². The van der Waals surface area contributed by atoms with Crippen molar-refractivity contribution in [3.8, 4) is 11.3 Å². The maximum absolute atomic E-state index is 12.3. The number of aromatic nitrogens is 2. The molecule has 1 atom stereocenters. The summed E-state index contributed by atoms with van der Waals surface area (Å²) >= 11 is 1.35. The van der Waals surface area contributed by atoms with Crippen molar-refractivity contribution in [2.75, 3.05) is 5.75 Å². The summed E-state index contributed by atoms with van der Waals surface area (Å²) < 4.78 is 0. The minimum atomic E-state index is -0.0299. The summed E-state index contributed by atoms with van der Waals surface area (Å²) in [6.45, 7) is 3.92. The molecule has 0 aliphatic heterocycles. The lowest BCUT2D eigenvalue weighted by molar-refractivity contribution is -0.119. The molecule has 3 aromatic rings. The summed E-state index contributed by atoms with van der Waals surface area (Å²) in [4.78, 5) is 21.3. The summed E-state index contributed by atoms with van der Waals surface area (Å²) in [5, 5.41) is 3.63. The van der Waals surface area contributed by atoms with Crippen molar-refractivity contribution in [2.45, 2.75) is 25.0 Å². The normalized spacial score (nSPS) is 11.8. The minimum Gasteiger partial charge on any atom is -0.349 e. The first-order chi connectivity index (χ1) is 12.6. The second-order valence-corrected chi connectivity index (χ2v) is 6.97. The van der Waals surface area contributed by atoms with Crippen LogP contribution >= 0.6 is 11.8 Å². The van der Waals surface area contributed by atoms with E-state index in [2.05, 4.69) is 15.3 Å². The summed E-state index contributed by atoms with van der Waals surface area (Å²) in [5.41, 5.74) is 3.89. The Morgan fingerprint density at radius 3 is 2.38 bits per heavy atom. The van der Waals surface area contributed by atoms with Gasteiger partial charge in [0.15, 0.2) is 5.16 Å². The van der Waals surface area contributed by atoms with Crippen molar-refractivity contribution in [1.82, 2.24) is 15.3 Å². The van der Waals surface area contributed by atoms with Gasteiger partial charge in [-0.2, -0.15) is 0 Å². The first-order valence-corrected chi connectivity index (χ1v) is 9.48. The van der Waals surface area contributed by atoms with E-state index in [-0.39, 0.29) is 17.7 Å². The molecule has 0 radical (unpaired) electrons. The van der Waals surface area contributed by atoms with Crippen LogP contribution in [0.2, 0.25) is 0 Å². The average molecular weight is 363 g/mol. The number of carbonyl (C=O) groups excluding carboxylic acids is 1. The number of hydrogen-bond donors (Lipinski definition) is 1. The van der Waals surface area contributed by atoms with Gasteiger partial charge in [-0.15, -0.1) is 0 Å². The van der Waals surface area contributed by atoms with Gasteiger partial charge in [-0.25, -0.2) is 9.97 Å². The van der Waals surface area contributed by atoms with Crippen LogP contribution in [0.1, 0.15) is 24.2 Å². The van der Waals surface area contributed by atoms with Crippen molar-refractivity contribution in [3.05, 3.63) is 78.0 Å². The van der Waals surface area contributed by atoms with E-state index in [1.807, 2.05) is 80.6 Å². The maximum atomic E-state index is 12.3. The van der Waals surface area contributed by atoms with Crippen LogP contribution in [0.4, 0.5) is 0 Å². The van der Waals surface area contributed by atoms with Gasteiger partial charge in [-0.3, -0.25) is 4.79 Å². The van der Waals surface area contributed by atoms with E-state index < -0.39 is 0 Å². The van der Waals surface area contributed by atoms with Crippen LogP contribution in [0.3, 0.4) is 0 Å². The molecule has 0 spiro atoms. The molecule has 0 aliphatic carbocycles. The average Bonchev–Trinajstić information content (AvgIpc) is 2.67. The molecule has 4 nitrogen and oxygen atoms in total. The summed E-state index contributed by atoms with van der Waals surface area (Å²) in [5.74, 6) is 0.257. The van der Waals surface area contributed by atoms with Crippen LogP contribution < -0.4 is 5.32 Å². The lowest BCUT2D eigenvalue weighted by Gasteiger charge is -2.14. The van der Waals surface area contributed by atoms with E-state index in [1.54, 1.807) is 0 Å². The Bertz CT molecular complexity index is 869. The molecule has 0 bridgehead atoms. The maximum Gasteiger partial charge on any atom is 0.230 e. The van der Waals surface area contributed by atoms with Gasteiger partial charge < -0.3 is 5.32 Å². The van der Waals surface area contributed by atoms with Gasteiger partial charge in [-0.1, -0.05) is 72.4 Å². The van der Waals surface area contributed by atoms with Crippen molar-refractivity contribution in [2.24, 2.45) is 0 Å².